The van der Waals surface area contributed by atoms with Crippen molar-refractivity contribution in [2.75, 3.05) is 4.43 Å². The third kappa shape index (κ3) is 3.69. The van der Waals surface area contributed by atoms with Crippen LogP contribution in [0.15, 0.2) is 30.8 Å². The van der Waals surface area contributed by atoms with Gasteiger partial charge in [-0.2, -0.15) is 0 Å². The first-order chi connectivity index (χ1) is 6.24. The number of hydrogen-bond donors (Lipinski definition) is 0. The summed E-state index contributed by atoms with van der Waals surface area (Å²) in [6, 6.07) is 7.87. The second-order valence-electron chi connectivity index (χ2n) is 2.90. The first-order valence-electron chi connectivity index (χ1n) is 4.23. The van der Waals surface area contributed by atoms with E-state index in [0.717, 1.165) is 11.4 Å². The smallest absolute Gasteiger partial charge is 0.0406 e. The molecule has 0 radical (unpaired) electrons. The van der Waals surface area contributed by atoms with Crippen LogP contribution in [0.1, 0.15) is 18.4 Å². The average Bonchev–Trinajstić information content (AvgIpc) is 2.15. The van der Waals surface area contributed by atoms with Crippen molar-refractivity contribution in [3.63, 3.8) is 0 Å². The van der Waals surface area contributed by atoms with Crippen molar-refractivity contribution in [1.29, 1.82) is 0 Å². The lowest BCUT2D eigenvalue weighted by molar-refractivity contribution is 1.00. The van der Waals surface area contributed by atoms with Gasteiger partial charge in [-0.1, -0.05) is 52.9 Å². The first kappa shape index (κ1) is 11.1. The summed E-state index contributed by atoms with van der Waals surface area (Å²) in [6.07, 6.45) is 2.27. The lowest BCUT2D eigenvalue weighted by atomic mass is 10.0. The predicted octanol–water partition coefficient (Wildman–Crippen LogP) is 4.57. The molecule has 0 amide bonds. The Hall–Kier alpha value is -0.0200. The second kappa shape index (κ2) is 5.66. The zero-order chi connectivity index (χ0) is 9.68. The molecule has 1 aromatic carbocycles. The summed E-state index contributed by atoms with van der Waals surface area (Å²) in [4.78, 5) is 0. The fourth-order valence-corrected chi connectivity index (χ4v) is 1.62. The summed E-state index contributed by atoms with van der Waals surface area (Å²) in [5, 5.41) is 0.783. The Morgan fingerprint density at radius 1 is 1.31 bits per heavy atom. The van der Waals surface area contributed by atoms with E-state index in [9.17, 15) is 0 Å². The van der Waals surface area contributed by atoms with E-state index >= 15 is 0 Å². The summed E-state index contributed by atoms with van der Waals surface area (Å²) in [6.45, 7) is 4.05. The standard InChI is InChI=1S/C11H12ClI/c1-9(3-2-8-13)10-4-6-11(12)7-5-10/h4-7H,1-3,8H2. The number of halogens is 2. The summed E-state index contributed by atoms with van der Waals surface area (Å²) >= 11 is 8.17. The quantitative estimate of drug-likeness (QED) is 0.565. The van der Waals surface area contributed by atoms with Gasteiger partial charge in [0.25, 0.3) is 0 Å². The summed E-state index contributed by atoms with van der Waals surface area (Å²) in [5.41, 5.74) is 2.41. The van der Waals surface area contributed by atoms with Crippen LogP contribution in [0.25, 0.3) is 5.57 Å². The predicted molar refractivity (Wildman–Crippen MR) is 68.6 cm³/mol. The Balaban J connectivity index is 2.61. The van der Waals surface area contributed by atoms with E-state index in [0.29, 0.717) is 0 Å². The molecule has 0 N–H and O–H groups in total. The van der Waals surface area contributed by atoms with Gasteiger partial charge in [0.05, 0.1) is 0 Å². The zero-order valence-corrected chi connectivity index (χ0v) is 10.3. The van der Waals surface area contributed by atoms with E-state index in [1.807, 2.05) is 24.3 Å². The van der Waals surface area contributed by atoms with Crippen LogP contribution in [-0.2, 0) is 0 Å². The monoisotopic (exact) mass is 306 g/mol. The average molecular weight is 307 g/mol. The maximum atomic E-state index is 5.79. The minimum Gasteiger partial charge on any atom is -0.0952 e. The molecule has 13 heavy (non-hydrogen) atoms. The molecule has 0 nitrogen and oxygen atoms in total. The van der Waals surface area contributed by atoms with Crippen LogP contribution in [0.3, 0.4) is 0 Å². The molecule has 0 unspecified atom stereocenters. The Morgan fingerprint density at radius 3 is 2.46 bits per heavy atom. The third-order valence-corrected chi connectivity index (χ3v) is 2.88. The minimum atomic E-state index is 0.783. The Labute approximate surface area is 98.1 Å². The van der Waals surface area contributed by atoms with Gasteiger partial charge in [-0.25, -0.2) is 0 Å². The van der Waals surface area contributed by atoms with Crippen LogP contribution in [0.4, 0.5) is 0 Å². The molecule has 1 aromatic rings. The van der Waals surface area contributed by atoms with Gasteiger partial charge < -0.3 is 0 Å². The van der Waals surface area contributed by atoms with Crippen LogP contribution in [-0.4, -0.2) is 4.43 Å². The molecule has 0 bridgehead atoms. The number of allylic oxidation sites excluding steroid dienone is 1. The molecule has 0 saturated carbocycles. The molecule has 0 aliphatic rings. The van der Waals surface area contributed by atoms with Gasteiger partial charge in [0.1, 0.15) is 0 Å². The maximum Gasteiger partial charge on any atom is 0.0406 e. The van der Waals surface area contributed by atoms with Gasteiger partial charge in [-0.15, -0.1) is 0 Å². The van der Waals surface area contributed by atoms with Crippen molar-refractivity contribution in [1.82, 2.24) is 0 Å². The minimum absolute atomic E-state index is 0.783. The number of benzene rings is 1. The molecule has 0 saturated heterocycles. The van der Waals surface area contributed by atoms with Gasteiger partial charge in [-0.05, 0) is 40.5 Å². The van der Waals surface area contributed by atoms with E-state index in [2.05, 4.69) is 29.2 Å². The van der Waals surface area contributed by atoms with E-state index < -0.39 is 0 Å². The first-order valence-corrected chi connectivity index (χ1v) is 6.14. The number of alkyl halides is 1. The molecule has 70 valence electrons. The molecule has 0 atom stereocenters. The SMILES string of the molecule is C=C(CCCI)c1ccc(Cl)cc1. The largest absolute Gasteiger partial charge is 0.0952 e. The molecule has 0 aliphatic heterocycles. The highest BCUT2D eigenvalue weighted by atomic mass is 127. The van der Waals surface area contributed by atoms with E-state index in [1.54, 1.807) is 0 Å². The highest BCUT2D eigenvalue weighted by Gasteiger charge is 1.97. The normalized spacial score (nSPS) is 10.0. The van der Waals surface area contributed by atoms with Crippen LogP contribution in [0.5, 0.6) is 0 Å². The van der Waals surface area contributed by atoms with Gasteiger partial charge >= 0.3 is 0 Å². The Bertz CT molecular complexity index is 277. The van der Waals surface area contributed by atoms with Gasteiger partial charge in [-0.3, -0.25) is 0 Å². The second-order valence-corrected chi connectivity index (χ2v) is 4.42. The summed E-state index contributed by atoms with van der Waals surface area (Å²) < 4.78 is 1.18. The molecule has 0 aromatic heterocycles. The van der Waals surface area contributed by atoms with Crippen molar-refractivity contribution in [2.45, 2.75) is 12.8 Å². The highest BCUT2D eigenvalue weighted by Crippen LogP contribution is 2.20. The Morgan fingerprint density at radius 2 is 1.92 bits per heavy atom. The van der Waals surface area contributed by atoms with Crippen LogP contribution < -0.4 is 0 Å². The topological polar surface area (TPSA) is 0 Å². The molecule has 0 heterocycles. The number of hydrogen-bond acceptors (Lipinski definition) is 0. The highest BCUT2D eigenvalue weighted by molar-refractivity contribution is 14.1. The number of rotatable bonds is 4. The zero-order valence-electron chi connectivity index (χ0n) is 7.39. The third-order valence-electron chi connectivity index (χ3n) is 1.86. The maximum absolute atomic E-state index is 5.79. The van der Waals surface area contributed by atoms with E-state index in [1.165, 1.54) is 22.0 Å². The van der Waals surface area contributed by atoms with Crippen LogP contribution >= 0.6 is 34.2 Å². The fraction of sp³-hybridized carbons (Fsp3) is 0.273. The summed E-state index contributed by atoms with van der Waals surface area (Å²) in [5.74, 6) is 0. The van der Waals surface area contributed by atoms with Gasteiger partial charge in [0, 0.05) is 5.02 Å². The van der Waals surface area contributed by atoms with Crippen molar-refractivity contribution < 1.29 is 0 Å². The van der Waals surface area contributed by atoms with Crippen LogP contribution in [0, 0.1) is 0 Å². The molecular formula is C11H12ClI. The van der Waals surface area contributed by atoms with E-state index in [4.69, 9.17) is 11.6 Å². The van der Waals surface area contributed by atoms with Crippen molar-refractivity contribution in [2.24, 2.45) is 0 Å². The molecular weight excluding hydrogens is 294 g/mol. The molecule has 0 spiro atoms. The lowest BCUT2D eigenvalue weighted by Gasteiger charge is -2.04. The van der Waals surface area contributed by atoms with Crippen molar-refractivity contribution >= 4 is 39.8 Å². The Kier molecular flexibility index (Phi) is 4.81. The molecule has 0 fully saturated rings. The van der Waals surface area contributed by atoms with E-state index in [-0.39, 0.29) is 0 Å². The molecule has 1 rings (SSSR count). The van der Waals surface area contributed by atoms with Crippen molar-refractivity contribution in [3.8, 4) is 0 Å². The van der Waals surface area contributed by atoms with Crippen LogP contribution in [0.2, 0.25) is 5.02 Å². The van der Waals surface area contributed by atoms with Crippen molar-refractivity contribution in [3.05, 3.63) is 41.4 Å². The fourth-order valence-electron chi connectivity index (χ4n) is 1.11. The van der Waals surface area contributed by atoms with Gasteiger partial charge in [0.2, 0.25) is 0 Å². The van der Waals surface area contributed by atoms with Gasteiger partial charge in [0.15, 0.2) is 0 Å². The lowest BCUT2D eigenvalue weighted by Crippen LogP contribution is -1.83. The molecule has 2 heteroatoms. The summed E-state index contributed by atoms with van der Waals surface area (Å²) in [7, 11) is 0. The molecule has 0 aliphatic carbocycles.